The van der Waals surface area contributed by atoms with Crippen molar-refractivity contribution >= 4 is 28.7 Å². The Kier molecular flexibility index (Phi) is 7.74. The number of hydrogen-bond acceptors (Lipinski definition) is 5. The first-order valence-corrected chi connectivity index (χ1v) is 9.47. The average Bonchev–Trinajstić information content (AvgIpc) is 3.07. The van der Waals surface area contributed by atoms with E-state index >= 15 is 0 Å². The van der Waals surface area contributed by atoms with E-state index < -0.39 is 42.5 Å². The van der Waals surface area contributed by atoms with Crippen LogP contribution >= 0.6 is 0 Å². The van der Waals surface area contributed by atoms with Crippen molar-refractivity contribution < 1.29 is 24.6 Å². The molecule has 7 N–H and O–H groups in total. The van der Waals surface area contributed by atoms with E-state index in [1.807, 2.05) is 38.1 Å². The van der Waals surface area contributed by atoms with E-state index in [0.29, 0.717) is 6.42 Å². The minimum Gasteiger partial charge on any atom is -0.480 e. The van der Waals surface area contributed by atoms with Gasteiger partial charge in [0.2, 0.25) is 11.8 Å². The number of fused-ring (bicyclic) bond motifs is 1. The van der Waals surface area contributed by atoms with E-state index in [2.05, 4.69) is 15.6 Å². The Morgan fingerprint density at radius 1 is 1.10 bits per heavy atom. The maximum absolute atomic E-state index is 12.5. The monoisotopic (exact) mass is 404 g/mol. The SMILES string of the molecule is CC(C)C[C@H](N)C(=O)N[C@@H](CO)C(=O)N[C@@H](Cc1c[nH]c2ccccc12)C(=O)O. The Morgan fingerprint density at radius 3 is 2.38 bits per heavy atom. The zero-order valence-corrected chi connectivity index (χ0v) is 16.5. The van der Waals surface area contributed by atoms with Crippen LogP contribution in [0.3, 0.4) is 0 Å². The molecule has 3 atom stereocenters. The molecule has 0 aliphatic heterocycles. The van der Waals surface area contributed by atoms with Gasteiger partial charge in [-0.3, -0.25) is 9.59 Å². The highest BCUT2D eigenvalue weighted by Crippen LogP contribution is 2.19. The molecule has 0 unspecified atom stereocenters. The van der Waals surface area contributed by atoms with Crippen molar-refractivity contribution in [2.24, 2.45) is 11.7 Å². The topological polar surface area (TPSA) is 158 Å². The first-order valence-electron chi connectivity index (χ1n) is 9.47. The Morgan fingerprint density at radius 2 is 1.76 bits per heavy atom. The van der Waals surface area contributed by atoms with Crippen LogP contribution in [-0.4, -0.2) is 57.7 Å². The van der Waals surface area contributed by atoms with Gasteiger partial charge >= 0.3 is 5.97 Å². The molecule has 0 aliphatic carbocycles. The summed E-state index contributed by atoms with van der Waals surface area (Å²) >= 11 is 0. The first-order chi connectivity index (χ1) is 13.7. The number of H-pyrrole nitrogens is 1. The molecule has 0 aliphatic rings. The second-order valence-electron chi connectivity index (χ2n) is 7.44. The van der Waals surface area contributed by atoms with Crippen molar-refractivity contribution in [3.8, 4) is 0 Å². The van der Waals surface area contributed by atoms with Crippen molar-refractivity contribution in [3.05, 3.63) is 36.0 Å². The highest BCUT2D eigenvalue weighted by molar-refractivity contribution is 5.92. The normalized spacial score (nSPS) is 14.4. The fourth-order valence-electron chi connectivity index (χ4n) is 3.08. The molecule has 0 saturated heterocycles. The highest BCUT2D eigenvalue weighted by Gasteiger charge is 2.28. The van der Waals surface area contributed by atoms with E-state index in [1.54, 1.807) is 6.20 Å². The lowest BCUT2D eigenvalue weighted by Gasteiger charge is -2.22. The molecule has 0 saturated carbocycles. The number of benzene rings is 1. The van der Waals surface area contributed by atoms with Gasteiger partial charge in [-0.05, 0) is 24.0 Å². The number of nitrogens with two attached hydrogens (primary N) is 1. The van der Waals surface area contributed by atoms with Crippen LogP contribution in [-0.2, 0) is 20.8 Å². The fourth-order valence-corrected chi connectivity index (χ4v) is 3.08. The second kappa shape index (κ2) is 10.0. The molecule has 1 heterocycles. The summed E-state index contributed by atoms with van der Waals surface area (Å²) in [7, 11) is 0. The van der Waals surface area contributed by atoms with Gasteiger partial charge in [0, 0.05) is 23.5 Å². The first kappa shape index (κ1) is 22.4. The Labute approximate surface area is 168 Å². The summed E-state index contributed by atoms with van der Waals surface area (Å²) in [6, 6.07) is 4.09. The number of carbonyl (C=O) groups is 3. The molecule has 158 valence electrons. The maximum atomic E-state index is 12.5. The van der Waals surface area contributed by atoms with Crippen molar-refractivity contribution in [1.29, 1.82) is 0 Å². The van der Waals surface area contributed by atoms with E-state index in [4.69, 9.17) is 5.73 Å². The molecule has 9 nitrogen and oxygen atoms in total. The third-order valence-corrected chi connectivity index (χ3v) is 4.59. The van der Waals surface area contributed by atoms with Crippen LogP contribution in [0, 0.1) is 5.92 Å². The molecule has 1 aromatic carbocycles. The number of carbonyl (C=O) groups excluding carboxylic acids is 2. The highest BCUT2D eigenvalue weighted by atomic mass is 16.4. The summed E-state index contributed by atoms with van der Waals surface area (Å²) in [4.78, 5) is 39.3. The summed E-state index contributed by atoms with van der Waals surface area (Å²) in [5.74, 6) is -2.39. The number of para-hydroxylation sites is 1. The summed E-state index contributed by atoms with van der Waals surface area (Å²) in [6.07, 6.45) is 2.16. The minimum absolute atomic E-state index is 0.0457. The Balaban J connectivity index is 2.05. The van der Waals surface area contributed by atoms with E-state index in [-0.39, 0.29) is 12.3 Å². The molecule has 0 fully saturated rings. The van der Waals surface area contributed by atoms with Gasteiger partial charge in [-0.1, -0.05) is 32.0 Å². The third-order valence-electron chi connectivity index (χ3n) is 4.59. The van der Waals surface area contributed by atoms with Crippen LogP contribution in [0.15, 0.2) is 30.5 Å². The Bertz CT molecular complexity index is 863. The number of aromatic amines is 1. The molecular formula is C20H28N4O5. The summed E-state index contributed by atoms with van der Waals surface area (Å²) < 4.78 is 0. The zero-order valence-electron chi connectivity index (χ0n) is 16.5. The van der Waals surface area contributed by atoms with Gasteiger partial charge in [0.05, 0.1) is 12.6 Å². The van der Waals surface area contributed by atoms with Crippen LogP contribution in [0.1, 0.15) is 25.8 Å². The predicted octanol–water partition coefficient (Wildman–Crippen LogP) is 0.130. The summed E-state index contributed by atoms with van der Waals surface area (Å²) in [6.45, 7) is 3.14. The minimum atomic E-state index is -1.29. The predicted molar refractivity (Wildman–Crippen MR) is 108 cm³/mol. The van der Waals surface area contributed by atoms with Crippen molar-refractivity contribution in [1.82, 2.24) is 15.6 Å². The molecule has 0 bridgehead atoms. The smallest absolute Gasteiger partial charge is 0.326 e. The van der Waals surface area contributed by atoms with Crippen LogP contribution < -0.4 is 16.4 Å². The van der Waals surface area contributed by atoms with Gasteiger partial charge < -0.3 is 31.6 Å². The summed E-state index contributed by atoms with van der Waals surface area (Å²) in [5, 5.41) is 24.6. The third kappa shape index (κ3) is 6.03. The standard InChI is InChI=1S/C20H28N4O5/c1-11(2)7-14(21)18(26)24-17(10-25)19(27)23-16(20(28)29)8-12-9-22-15-6-4-3-5-13(12)15/h3-6,9,11,14,16-17,22,25H,7-8,10,21H2,1-2H3,(H,23,27)(H,24,26)(H,28,29)/t14-,16-,17-/m0/s1. The number of aromatic nitrogens is 1. The molecule has 0 radical (unpaired) electrons. The number of aliphatic hydroxyl groups excluding tert-OH is 1. The number of carboxylic acids is 1. The Hall–Kier alpha value is -2.91. The van der Waals surface area contributed by atoms with Crippen LogP contribution in [0.5, 0.6) is 0 Å². The second-order valence-corrected chi connectivity index (χ2v) is 7.44. The molecule has 2 aromatic rings. The van der Waals surface area contributed by atoms with Crippen LogP contribution in [0.25, 0.3) is 10.9 Å². The van der Waals surface area contributed by atoms with Crippen molar-refractivity contribution in [2.75, 3.05) is 6.61 Å². The van der Waals surface area contributed by atoms with Gasteiger partial charge in [-0.25, -0.2) is 4.79 Å². The average molecular weight is 404 g/mol. The zero-order chi connectivity index (χ0) is 21.6. The van der Waals surface area contributed by atoms with Crippen molar-refractivity contribution in [2.45, 2.75) is 44.8 Å². The number of aliphatic hydroxyl groups is 1. The van der Waals surface area contributed by atoms with E-state index in [1.165, 1.54) is 0 Å². The lowest BCUT2D eigenvalue weighted by Crippen LogP contribution is -2.56. The lowest BCUT2D eigenvalue weighted by atomic mass is 10.0. The van der Waals surface area contributed by atoms with Crippen molar-refractivity contribution in [3.63, 3.8) is 0 Å². The summed E-state index contributed by atoms with van der Waals surface area (Å²) in [5.41, 5.74) is 7.38. The van der Waals surface area contributed by atoms with Crippen LogP contribution in [0.4, 0.5) is 0 Å². The molecule has 29 heavy (non-hydrogen) atoms. The van der Waals surface area contributed by atoms with Crippen LogP contribution in [0.2, 0.25) is 0 Å². The molecule has 9 heteroatoms. The quantitative estimate of drug-likeness (QED) is 0.330. The number of nitrogens with one attached hydrogen (secondary N) is 3. The van der Waals surface area contributed by atoms with Gasteiger partial charge in [-0.2, -0.15) is 0 Å². The van der Waals surface area contributed by atoms with Gasteiger partial charge in [0.15, 0.2) is 0 Å². The number of aliphatic carboxylic acids is 1. The lowest BCUT2D eigenvalue weighted by molar-refractivity contribution is -0.142. The fraction of sp³-hybridized carbons (Fsp3) is 0.450. The number of hydrogen-bond donors (Lipinski definition) is 6. The van der Waals surface area contributed by atoms with Gasteiger partial charge in [-0.15, -0.1) is 0 Å². The number of carboxylic acid groups (broad SMARTS) is 1. The van der Waals surface area contributed by atoms with E-state index in [0.717, 1.165) is 16.5 Å². The molecule has 0 spiro atoms. The largest absolute Gasteiger partial charge is 0.480 e. The molecular weight excluding hydrogens is 376 g/mol. The van der Waals surface area contributed by atoms with Gasteiger partial charge in [0.25, 0.3) is 0 Å². The number of amides is 2. The van der Waals surface area contributed by atoms with Gasteiger partial charge in [0.1, 0.15) is 12.1 Å². The molecule has 1 aromatic heterocycles. The number of rotatable bonds is 10. The maximum Gasteiger partial charge on any atom is 0.326 e. The van der Waals surface area contributed by atoms with E-state index in [9.17, 15) is 24.6 Å². The molecule has 2 amide bonds. The molecule has 2 rings (SSSR count).